The molecule has 0 aliphatic rings. The van der Waals surface area contributed by atoms with Gasteiger partial charge >= 0.3 is 5.97 Å². The molecule has 138 valence electrons. The van der Waals surface area contributed by atoms with Crippen LogP contribution < -0.4 is 9.47 Å². The predicted molar refractivity (Wildman–Crippen MR) is 100 cm³/mol. The highest BCUT2D eigenvalue weighted by atomic mass is 16.5. The van der Waals surface area contributed by atoms with E-state index in [4.69, 9.17) is 18.6 Å². The van der Waals surface area contributed by atoms with Gasteiger partial charge in [-0.05, 0) is 12.1 Å². The van der Waals surface area contributed by atoms with Crippen LogP contribution in [0.25, 0.3) is 17.4 Å². The maximum atomic E-state index is 12.0. The summed E-state index contributed by atoms with van der Waals surface area (Å²) < 4.78 is 21.3. The van der Waals surface area contributed by atoms with E-state index in [0.717, 1.165) is 5.56 Å². The summed E-state index contributed by atoms with van der Waals surface area (Å²) in [5, 5.41) is 0. The lowest BCUT2D eigenvalue weighted by atomic mass is 10.1. The monoisotopic (exact) mass is 365 g/mol. The molecule has 3 aromatic rings. The second kappa shape index (κ2) is 8.71. The first-order valence-corrected chi connectivity index (χ1v) is 8.27. The summed E-state index contributed by atoms with van der Waals surface area (Å²) in [5.41, 5.74) is 1.61. The van der Waals surface area contributed by atoms with E-state index in [1.165, 1.54) is 6.08 Å². The van der Waals surface area contributed by atoms with Crippen LogP contribution in [0.1, 0.15) is 11.5 Å². The maximum Gasteiger partial charge on any atom is 0.331 e. The Morgan fingerprint density at radius 1 is 1.07 bits per heavy atom. The summed E-state index contributed by atoms with van der Waals surface area (Å²) in [5.74, 6) is 1.57. The third kappa shape index (κ3) is 4.55. The zero-order valence-electron chi connectivity index (χ0n) is 15.0. The van der Waals surface area contributed by atoms with Gasteiger partial charge in [-0.3, -0.25) is 0 Å². The number of para-hydroxylation sites is 1. The number of rotatable bonds is 7. The van der Waals surface area contributed by atoms with Crippen molar-refractivity contribution in [2.75, 3.05) is 14.2 Å². The van der Waals surface area contributed by atoms with Crippen LogP contribution in [0.3, 0.4) is 0 Å². The molecule has 1 heterocycles. The summed E-state index contributed by atoms with van der Waals surface area (Å²) in [6, 6.07) is 15.0. The van der Waals surface area contributed by atoms with Gasteiger partial charge in [0.05, 0.1) is 20.4 Å². The van der Waals surface area contributed by atoms with Crippen molar-refractivity contribution in [2.45, 2.75) is 6.61 Å². The van der Waals surface area contributed by atoms with E-state index < -0.39 is 5.97 Å². The molecule has 2 aromatic carbocycles. The molecule has 1 aromatic heterocycles. The molecule has 0 N–H and O–H groups in total. The number of hydrogen-bond acceptors (Lipinski definition) is 6. The zero-order valence-corrected chi connectivity index (χ0v) is 15.0. The van der Waals surface area contributed by atoms with E-state index in [9.17, 15) is 4.79 Å². The van der Waals surface area contributed by atoms with Gasteiger partial charge in [0.25, 0.3) is 0 Å². The average molecular weight is 365 g/mol. The lowest BCUT2D eigenvalue weighted by Gasteiger charge is -2.09. The Kier molecular flexibility index (Phi) is 5.89. The summed E-state index contributed by atoms with van der Waals surface area (Å²) >= 11 is 0. The highest BCUT2D eigenvalue weighted by molar-refractivity contribution is 5.87. The lowest BCUT2D eigenvalue weighted by molar-refractivity contribution is -0.139. The number of carbonyl (C=O) groups is 1. The maximum absolute atomic E-state index is 12.0. The smallest absolute Gasteiger partial charge is 0.331 e. The molecule has 0 unspecified atom stereocenters. The molecule has 0 bridgehead atoms. The summed E-state index contributed by atoms with van der Waals surface area (Å²) in [7, 11) is 3.10. The van der Waals surface area contributed by atoms with E-state index in [2.05, 4.69) is 4.98 Å². The number of nitrogens with zero attached hydrogens (tertiary/aromatic N) is 1. The van der Waals surface area contributed by atoms with Crippen molar-refractivity contribution in [3.63, 3.8) is 0 Å². The van der Waals surface area contributed by atoms with Gasteiger partial charge in [-0.1, -0.05) is 42.5 Å². The minimum atomic E-state index is -0.515. The summed E-state index contributed by atoms with van der Waals surface area (Å²) in [6.45, 7) is -0.0503. The second-order valence-electron chi connectivity index (χ2n) is 5.51. The topological polar surface area (TPSA) is 70.8 Å². The first-order chi connectivity index (χ1) is 13.2. The molecule has 0 aliphatic carbocycles. The third-order valence-electron chi connectivity index (χ3n) is 3.78. The average Bonchev–Trinajstić information content (AvgIpc) is 3.20. The fourth-order valence-corrected chi connectivity index (χ4v) is 2.49. The molecule has 0 atom stereocenters. The van der Waals surface area contributed by atoms with Crippen LogP contribution in [-0.2, 0) is 16.1 Å². The van der Waals surface area contributed by atoms with Gasteiger partial charge < -0.3 is 18.6 Å². The van der Waals surface area contributed by atoms with Gasteiger partial charge in [-0.25, -0.2) is 9.78 Å². The largest absolute Gasteiger partial charge is 0.493 e. The van der Waals surface area contributed by atoms with Crippen LogP contribution in [0, 0.1) is 0 Å². The Morgan fingerprint density at radius 2 is 1.89 bits per heavy atom. The Hall–Kier alpha value is -3.54. The van der Waals surface area contributed by atoms with Gasteiger partial charge in [0.2, 0.25) is 5.89 Å². The zero-order chi connectivity index (χ0) is 19.1. The summed E-state index contributed by atoms with van der Waals surface area (Å²) in [4.78, 5) is 16.1. The summed E-state index contributed by atoms with van der Waals surface area (Å²) in [6.07, 6.45) is 4.53. The number of aromatic nitrogens is 1. The first-order valence-electron chi connectivity index (χ1n) is 8.27. The molecule has 0 aliphatic heterocycles. The normalized spacial score (nSPS) is 10.7. The van der Waals surface area contributed by atoms with Crippen LogP contribution >= 0.6 is 0 Å². The number of methoxy groups -OCH3 is 2. The Labute approximate surface area is 157 Å². The highest BCUT2D eigenvalue weighted by Gasteiger charge is 2.09. The van der Waals surface area contributed by atoms with E-state index >= 15 is 0 Å². The quantitative estimate of drug-likeness (QED) is 0.463. The molecule has 0 amide bonds. The Bertz CT molecular complexity index is 931. The molecule has 27 heavy (non-hydrogen) atoms. The van der Waals surface area contributed by atoms with Crippen LogP contribution in [0.4, 0.5) is 0 Å². The van der Waals surface area contributed by atoms with Gasteiger partial charge in [0.15, 0.2) is 23.9 Å². The molecule has 0 radical (unpaired) electrons. The van der Waals surface area contributed by atoms with Crippen molar-refractivity contribution in [3.8, 4) is 22.8 Å². The number of carbonyl (C=O) groups excluding carboxylic acids is 1. The van der Waals surface area contributed by atoms with Crippen molar-refractivity contribution in [1.82, 2.24) is 4.98 Å². The number of benzene rings is 2. The number of hydrogen-bond donors (Lipinski definition) is 0. The minimum Gasteiger partial charge on any atom is -0.493 e. The number of oxazole rings is 1. The van der Waals surface area contributed by atoms with Crippen molar-refractivity contribution < 1.29 is 23.4 Å². The van der Waals surface area contributed by atoms with Gasteiger partial charge in [-0.2, -0.15) is 0 Å². The molecule has 3 rings (SSSR count). The van der Waals surface area contributed by atoms with Crippen molar-refractivity contribution in [2.24, 2.45) is 0 Å². The second-order valence-corrected chi connectivity index (χ2v) is 5.51. The van der Waals surface area contributed by atoms with E-state index in [-0.39, 0.29) is 6.61 Å². The van der Waals surface area contributed by atoms with E-state index in [0.29, 0.717) is 28.7 Å². The molecular weight excluding hydrogens is 346 g/mol. The molecule has 0 fully saturated rings. The van der Waals surface area contributed by atoms with Crippen LogP contribution in [0.2, 0.25) is 0 Å². The van der Waals surface area contributed by atoms with Crippen molar-refractivity contribution in [3.05, 3.63) is 72.3 Å². The standard InChI is InChI=1S/C21H19NO5/c1-24-17-10-6-9-16(21(17)25-2)11-12-20(23)26-14-19-22-13-18(27-19)15-7-4-3-5-8-15/h3-13H,14H2,1-2H3/b12-11+. The molecule has 0 saturated carbocycles. The van der Waals surface area contributed by atoms with Gasteiger partial charge in [0, 0.05) is 17.2 Å². The number of esters is 1. The highest BCUT2D eigenvalue weighted by Crippen LogP contribution is 2.31. The van der Waals surface area contributed by atoms with E-state index in [1.54, 1.807) is 32.6 Å². The molecule has 0 spiro atoms. The Balaban J connectivity index is 1.61. The molecule has 6 nitrogen and oxygen atoms in total. The van der Waals surface area contributed by atoms with Gasteiger partial charge in [-0.15, -0.1) is 0 Å². The molecule has 0 saturated heterocycles. The Morgan fingerprint density at radius 3 is 2.63 bits per heavy atom. The van der Waals surface area contributed by atoms with Crippen molar-refractivity contribution in [1.29, 1.82) is 0 Å². The van der Waals surface area contributed by atoms with Crippen LogP contribution in [0.15, 0.2) is 65.2 Å². The molecular formula is C21H19NO5. The molecule has 6 heteroatoms. The fourth-order valence-electron chi connectivity index (χ4n) is 2.49. The minimum absolute atomic E-state index is 0.0503. The third-order valence-corrected chi connectivity index (χ3v) is 3.78. The van der Waals surface area contributed by atoms with Gasteiger partial charge in [0.1, 0.15) is 0 Å². The number of ether oxygens (including phenoxy) is 3. The van der Waals surface area contributed by atoms with Crippen LogP contribution in [-0.4, -0.2) is 25.2 Å². The van der Waals surface area contributed by atoms with Crippen LogP contribution in [0.5, 0.6) is 11.5 Å². The predicted octanol–water partition coefficient (Wildman–Crippen LogP) is 4.12. The van der Waals surface area contributed by atoms with Crippen molar-refractivity contribution >= 4 is 12.0 Å². The first kappa shape index (κ1) is 18.3. The SMILES string of the molecule is COc1cccc(/C=C/C(=O)OCc2ncc(-c3ccccc3)o2)c1OC. The lowest BCUT2D eigenvalue weighted by Crippen LogP contribution is -2.01. The fraction of sp³-hybridized carbons (Fsp3) is 0.143. The van der Waals surface area contributed by atoms with E-state index in [1.807, 2.05) is 42.5 Å².